The van der Waals surface area contributed by atoms with Crippen LogP contribution >= 0.6 is 11.3 Å². The Morgan fingerprint density at radius 1 is 1.50 bits per heavy atom. The molecule has 0 unspecified atom stereocenters. The molecule has 1 heterocycles. The SMILES string of the molecule is COc1cccc2oc(=O)sc12. The third-order valence-electron chi connectivity index (χ3n) is 1.54. The highest BCUT2D eigenvalue weighted by molar-refractivity contribution is 7.16. The Bertz CT molecular complexity index is 455. The Morgan fingerprint density at radius 2 is 2.33 bits per heavy atom. The average Bonchev–Trinajstić information content (AvgIpc) is 2.44. The molecule has 0 atom stereocenters. The molecular weight excluding hydrogens is 176 g/mol. The lowest BCUT2D eigenvalue weighted by atomic mass is 10.3. The fraction of sp³-hybridized carbons (Fsp3) is 0.125. The third-order valence-corrected chi connectivity index (χ3v) is 2.40. The van der Waals surface area contributed by atoms with Gasteiger partial charge in [0.1, 0.15) is 10.4 Å². The normalized spacial score (nSPS) is 10.4. The minimum Gasteiger partial charge on any atom is -0.495 e. The van der Waals surface area contributed by atoms with Crippen LogP contribution in [0.3, 0.4) is 0 Å². The summed E-state index contributed by atoms with van der Waals surface area (Å²) in [6, 6.07) is 5.33. The number of hydrogen-bond acceptors (Lipinski definition) is 4. The van der Waals surface area contributed by atoms with Gasteiger partial charge in [0.15, 0.2) is 5.58 Å². The number of rotatable bonds is 1. The first kappa shape index (κ1) is 7.36. The lowest BCUT2D eigenvalue weighted by Crippen LogP contribution is -1.80. The molecule has 2 aromatic rings. The maximum atomic E-state index is 10.9. The van der Waals surface area contributed by atoms with Crippen LogP contribution in [0.25, 0.3) is 10.3 Å². The second kappa shape index (κ2) is 2.64. The zero-order chi connectivity index (χ0) is 8.55. The molecule has 2 rings (SSSR count). The van der Waals surface area contributed by atoms with Crippen molar-refractivity contribution in [3.05, 3.63) is 27.9 Å². The summed E-state index contributed by atoms with van der Waals surface area (Å²) >= 11 is 1.06. The van der Waals surface area contributed by atoms with Gasteiger partial charge in [-0.05, 0) is 23.5 Å². The molecule has 0 aliphatic heterocycles. The topological polar surface area (TPSA) is 39.4 Å². The van der Waals surface area contributed by atoms with Crippen molar-refractivity contribution >= 4 is 21.6 Å². The summed E-state index contributed by atoms with van der Waals surface area (Å²) in [7, 11) is 1.57. The van der Waals surface area contributed by atoms with E-state index in [1.165, 1.54) is 0 Å². The molecule has 0 saturated heterocycles. The third kappa shape index (κ3) is 1.00. The first-order chi connectivity index (χ1) is 5.81. The number of ether oxygens (including phenoxy) is 1. The van der Waals surface area contributed by atoms with Gasteiger partial charge >= 0.3 is 4.94 Å². The van der Waals surface area contributed by atoms with Crippen LogP contribution in [0.15, 0.2) is 27.4 Å². The van der Waals surface area contributed by atoms with E-state index in [1.54, 1.807) is 25.3 Å². The highest BCUT2D eigenvalue weighted by Crippen LogP contribution is 2.27. The Balaban J connectivity index is 2.87. The summed E-state index contributed by atoms with van der Waals surface area (Å²) in [4.78, 5) is 10.6. The minimum absolute atomic E-state index is 0.297. The van der Waals surface area contributed by atoms with Crippen LogP contribution in [0.4, 0.5) is 0 Å². The predicted molar refractivity (Wildman–Crippen MR) is 46.9 cm³/mol. The zero-order valence-electron chi connectivity index (χ0n) is 6.37. The largest absolute Gasteiger partial charge is 0.495 e. The fourth-order valence-electron chi connectivity index (χ4n) is 1.03. The highest BCUT2D eigenvalue weighted by atomic mass is 32.1. The predicted octanol–water partition coefficient (Wildman–Crippen LogP) is 1.86. The Labute approximate surface area is 72.2 Å². The van der Waals surface area contributed by atoms with E-state index in [2.05, 4.69) is 0 Å². The quantitative estimate of drug-likeness (QED) is 0.675. The molecule has 62 valence electrons. The lowest BCUT2D eigenvalue weighted by Gasteiger charge is -1.96. The number of hydrogen-bond donors (Lipinski definition) is 0. The number of benzene rings is 1. The smallest absolute Gasteiger partial charge is 0.396 e. The molecule has 0 N–H and O–H groups in total. The number of methoxy groups -OCH3 is 1. The van der Waals surface area contributed by atoms with Crippen molar-refractivity contribution < 1.29 is 9.15 Å². The van der Waals surface area contributed by atoms with Crippen LogP contribution in [0.5, 0.6) is 5.75 Å². The van der Waals surface area contributed by atoms with E-state index in [4.69, 9.17) is 9.15 Å². The lowest BCUT2D eigenvalue weighted by molar-refractivity contribution is 0.420. The average molecular weight is 182 g/mol. The Hall–Kier alpha value is -1.29. The Kier molecular flexibility index (Phi) is 1.62. The van der Waals surface area contributed by atoms with Gasteiger partial charge in [-0.15, -0.1) is 0 Å². The van der Waals surface area contributed by atoms with Gasteiger partial charge < -0.3 is 9.15 Å². The molecule has 0 radical (unpaired) electrons. The first-order valence-corrected chi connectivity index (χ1v) is 4.19. The summed E-state index contributed by atoms with van der Waals surface area (Å²) in [5.41, 5.74) is 0.587. The van der Waals surface area contributed by atoms with E-state index < -0.39 is 0 Å². The van der Waals surface area contributed by atoms with Crippen LogP contribution in [0.1, 0.15) is 0 Å². The van der Waals surface area contributed by atoms with Gasteiger partial charge in [-0.2, -0.15) is 0 Å². The minimum atomic E-state index is -0.297. The molecule has 0 amide bonds. The highest BCUT2D eigenvalue weighted by Gasteiger charge is 2.05. The molecule has 0 saturated carbocycles. The second-order valence-corrected chi connectivity index (χ2v) is 3.19. The molecule has 3 nitrogen and oxygen atoms in total. The summed E-state index contributed by atoms with van der Waals surface area (Å²) < 4.78 is 10.7. The summed E-state index contributed by atoms with van der Waals surface area (Å²) in [5.74, 6) is 0.684. The van der Waals surface area contributed by atoms with Crippen molar-refractivity contribution in [2.24, 2.45) is 0 Å². The van der Waals surface area contributed by atoms with E-state index in [1.807, 2.05) is 0 Å². The van der Waals surface area contributed by atoms with E-state index >= 15 is 0 Å². The maximum Gasteiger partial charge on any atom is 0.396 e. The van der Waals surface area contributed by atoms with E-state index in [9.17, 15) is 4.79 Å². The molecule has 0 aliphatic carbocycles. The molecule has 0 bridgehead atoms. The van der Waals surface area contributed by atoms with Crippen molar-refractivity contribution in [1.29, 1.82) is 0 Å². The molecule has 0 fully saturated rings. The van der Waals surface area contributed by atoms with Gasteiger partial charge in [0.2, 0.25) is 0 Å². The van der Waals surface area contributed by atoms with Gasteiger partial charge in [0, 0.05) is 0 Å². The van der Waals surface area contributed by atoms with Gasteiger partial charge in [-0.25, -0.2) is 4.79 Å². The van der Waals surface area contributed by atoms with Crippen LogP contribution in [0, 0.1) is 0 Å². The standard InChI is InChI=1S/C8H6O3S/c1-10-5-3-2-4-6-7(5)12-8(9)11-6/h2-4H,1H3. The van der Waals surface area contributed by atoms with Crippen LogP contribution < -0.4 is 9.68 Å². The van der Waals surface area contributed by atoms with Crippen LogP contribution in [-0.4, -0.2) is 7.11 Å². The molecule has 1 aromatic carbocycles. The van der Waals surface area contributed by atoms with Gasteiger partial charge in [-0.3, -0.25) is 0 Å². The summed E-state index contributed by atoms with van der Waals surface area (Å²) in [6.07, 6.45) is 0. The fourth-order valence-corrected chi connectivity index (χ4v) is 1.79. The molecule has 0 aliphatic rings. The first-order valence-electron chi connectivity index (χ1n) is 3.38. The monoisotopic (exact) mass is 182 g/mol. The van der Waals surface area contributed by atoms with Crippen LogP contribution in [0.2, 0.25) is 0 Å². The van der Waals surface area contributed by atoms with E-state index in [0.717, 1.165) is 16.0 Å². The summed E-state index contributed by atoms with van der Waals surface area (Å²) in [6.45, 7) is 0. The van der Waals surface area contributed by atoms with Crippen LogP contribution in [-0.2, 0) is 0 Å². The number of fused-ring (bicyclic) bond motifs is 1. The second-order valence-electron chi connectivity index (χ2n) is 2.24. The van der Waals surface area contributed by atoms with Crippen molar-refractivity contribution in [3.63, 3.8) is 0 Å². The molecular formula is C8H6O3S. The van der Waals surface area contributed by atoms with Gasteiger partial charge in [0.05, 0.1) is 7.11 Å². The van der Waals surface area contributed by atoms with Gasteiger partial charge in [0.25, 0.3) is 0 Å². The van der Waals surface area contributed by atoms with Crippen molar-refractivity contribution in [3.8, 4) is 5.75 Å². The summed E-state index contributed by atoms with van der Waals surface area (Å²) in [5, 5.41) is 0. The van der Waals surface area contributed by atoms with E-state index in [-0.39, 0.29) is 4.94 Å². The van der Waals surface area contributed by atoms with Crippen molar-refractivity contribution in [2.45, 2.75) is 0 Å². The molecule has 12 heavy (non-hydrogen) atoms. The van der Waals surface area contributed by atoms with E-state index in [0.29, 0.717) is 11.3 Å². The van der Waals surface area contributed by atoms with Gasteiger partial charge in [-0.1, -0.05) is 6.07 Å². The zero-order valence-corrected chi connectivity index (χ0v) is 7.18. The van der Waals surface area contributed by atoms with Crippen molar-refractivity contribution in [1.82, 2.24) is 0 Å². The molecule has 1 aromatic heterocycles. The molecule has 0 spiro atoms. The Morgan fingerprint density at radius 3 is 3.08 bits per heavy atom. The van der Waals surface area contributed by atoms with Crippen molar-refractivity contribution in [2.75, 3.05) is 7.11 Å². The maximum absolute atomic E-state index is 10.9. The molecule has 4 heteroatoms.